The predicted molar refractivity (Wildman–Crippen MR) is 117 cm³/mol. The number of hydrogen-bond donors (Lipinski definition) is 1. The molecule has 0 amide bonds. The second-order valence-electron chi connectivity index (χ2n) is 8.50. The minimum atomic E-state index is -3.32. The molecule has 8 nitrogen and oxygen atoms in total. The molecule has 2 aliphatic heterocycles. The Labute approximate surface area is 180 Å². The van der Waals surface area contributed by atoms with Gasteiger partial charge in [0.25, 0.3) is 5.56 Å². The molecule has 2 aromatic heterocycles. The number of furan rings is 1. The van der Waals surface area contributed by atoms with Crippen molar-refractivity contribution in [2.24, 2.45) is 0 Å². The number of hydrogen-bond acceptors (Lipinski definition) is 6. The summed E-state index contributed by atoms with van der Waals surface area (Å²) in [6, 6.07) is 7.99. The van der Waals surface area contributed by atoms with Gasteiger partial charge >= 0.3 is 0 Å². The zero-order valence-electron chi connectivity index (χ0n) is 17.7. The fraction of sp³-hybridized carbons (Fsp3) is 0.455. The lowest BCUT2D eigenvalue weighted by molar-refractivity contribution is 0.221. The van der Waals surface area contributed by atoms with Gasteiger partial charge in [0.1, 0.15) is 17.2 Å². The molecule has 1 N–H and O–H groups in total. The molecule has 5 rings (SSSR count). The monoisotopic (exact) mass is 442 g/mol. The first kappa shape index (κ1) is 20.4. The van der Waals surface area contributed by atoms with E-state index >= 15 is 0 Å². The third kappa shape index (κ3) is 3.71. The summed E-state index contributed by atoms with van der Waals surface area (Å²) >= 11 is 0. The highest BCUT2D eigenvalue weighted by molar-refractivity contribution is 7.88. The van der Waals surface area contributed by atoms with Gasteiger partial charge in [0, 0.05) is 17.5 Å². The van der Waals surface area contributed by atoms with E-state index in [1.54, 1.807) is 0 Å². The second-order valence-corrected chi connectivity index (χ2v) is 10.5. The summed E-state index contributed by atoms with van der Waals surface area (Å²) in [6.45, 7) is 4.07. The first-order chi connectivity index (χ1) is 14.8. The third-order valence-corrected chi connectivity index (χ3v) is 7.74. The highest BCUT2D eigenvalue weighted by Crippen LogP contribution is 2.34. The molecule has 164 valence electrons. The van der Waals surface area contributed by atoms with Gasteiger partial charge in [-0.25, -0.2) is 13.4 Å². The Morgan fingerprint density at radius 3 is 2.84 bits per heavy atom. The number of fused-ring (bicyclic) bond motifs is 2. The van der Waals surface area contributed by atoms with Crippen molar-refractivity contribution in [2.75, 3.05) is 19.3 Å². The van der Waals surface area contributed by atoms with Crippen LogP contribution in [0, 0.1) is 6.92 Å². The van der Waals surface area contributed by atoms with E-state index in [1.165, 1.54) is 10.6 Å². The van der Waals surface area contributed by atoms with E-state index < -0.39 is 10.0 Å². The molecule has 3 aromatic rings. The van der Waals surface area contributed by atoms with Crippen molar-refractivity contribution in [1.82, 2.24) is 19.2 Å². The van der Waals surface area contributed by atoms with E-state index in [1.807, 2.05) is 18.2 Å². The SMILES string of the molecule is Cc1c(CN2CCCC2c2nc3c(c(=O)[nH]2)CCN(S(C)(=O)=O)C3)oc2ccccc12. The zero-order valence-corrected chi connectivity index (χ0v) is 18.5. The number of sulfonamides is 1. The van der Waals surface area contributed by atoms with Crippen LogP contribution in [0.5, 0.6) is 0 Å². The average Bonchev–Trinajstić information content (AvgIpc) is 3.32. The molecular formula is C22H26N4O4S. The fourth-order valence-corrected chi connectivity index (χ4v) is 5.54. The molecule has 2 aliphatic rings. The number of nitrogens with one attached hydrogen (secondary N) is 1. The summed E-state index contributed by atoms with van der Waals surface area (Å²) < 4.78 is 31.4. The van der Waals surface area contributed by atoms with Crippen molar-refractivity contribution < 1.29 is 12.8 Å². The first-order valence-electron chi connectivity index (χ1n) is 10.6. The molecule has 1 aromatic carbocycles. The summed E-state index contributed by atoms with van der Waals surface area (Å²) in [5.74, 6) is 1.54. The Kier molecular flexibility index (Phi) is 4.99. The Morgan fingerprint density at radius 2 is 2.06 bits per heavy atom. The van der Waals surface area contributed by atoms with Gasteiger partial charge in [-0.1, -0.05) is 18.2 Å². The van der Waals surface area contributed by atoms with Gasteiger partial charge in [-0.3, -0.25) is 9.69 Å². The summed E-state index contributed by atoms with van der Waals surface area (Å²) in [4.78, 5) is 22.7. The van der Waals surface area contributed by atoms with E-state index in [0.29, 0.717) is 36.6 Å². The summed E-state index contributed by atoms with van der Waals surface area (Å²) in [7, 11) is -3.32. The number of nitrogens with zero attached hydrogens (tertiary/aromatic N) is 3. The number of aromatic nitrogens is 2. The molecule has 1 fully saturated rings. The van der Waals surface area contributed by atoms with Gasteiger partial charge in [0.2, 0.25) is 10.0 Å². The lowest BCUT2D eigenvalue weighted by Gasteiger charge is -2.27. The van der Waals surface area contributed by atoms with Crippen molar-refractivity contribution >= 4 is 21.0 Å². The molecule has 0 radical (unpaired) electrons. The number of para-hydroxylation sites is 1. The molecule has 0 bridgehead atoms. The van der Waals surface area contributed by atoms with E-state index in [0.717, 1.165) is 41.7 Å². The molecule has 0 saturated carbocycles. The van der Waals surface area contributed by atoms with Crippen LogP contribution in [0.15, 0.2) is 33.5 Å². The summed E-state index contributed by atoms with van der Waals surface area (Å²) in [6.07, 6.45) is 3.47. The number of likely N-dealkylation sites (tertiary alicyclic amines) is 1. The highest BCUT2D eigenvalue weighted by Gasteiger charge is 2.32. The Bertz CT molecular complexity index is 1310. The quantitative estimate of drug-likeness (QED) is 0.666. The molecular weight excluding hydrogens is 416 g/mol. The minimum Gasteiger partial charge on any atom is -0.459 e. The highest BCUT2D eigenvalue weighted by atomic mass is 32.2. The maximum absolute atomic E-state index is 12.7. The summed E-state index contributed by atoms with van der Waals surface area (Å²) in [5.41, 5.74) is 3.03. The molecule has 1 saturated heterocycles. The van der Waals surface area contributed by atoms with Gasteiger partial charge in [-0.15, -0.1) is 0 Å². The summed E-state index contributed by atoms with van der Waals surface area (Å²) in [5, 5.41) is 1.12. The smallest absolute Gasteiger partial charge is 0.254 e. The second kappa shape index (κ2) is 7.58. The number of aryl methyl sites for hydroxylation is 1. The van der Waals surface area contributed by atoms with Crippen LogP contribution in [0.3, 0.4) is 0 Å². The lowest BCUT2D eigenvalue weighted by Crippen LogP contribution is -2.39. The van der Waals surface area contributed by atoms with Gasteiger partial charge in [0.15, 0.2) is 0 Å². The third-order valence-electron chi connectivity index (χ3n) is 6.49. The van der Waals surface area contributed by atoms with Crippen LogP contribution in [0.4, 0.5) is 0 Å². The number of aromatic amines is 1. The zero-order chi connectivity index (χ0) is 21.8. The van der Waals surface area contributed by atoms with Gasteiger partial charge in [-0.2, -0.15) is 4.31 Å². The lowest BCUT2D eigenvalue weighted by atomic mass is 10.1. The van der Waals surface area contributed by atoms with Crippen molar-refractivity contribution in [3.63, 3.8) is 0 Å². The van der Waals surface area contributed by atoms with E-state index in [9.17, 15) is 13.2 Å². The van der Waals surface area contributed by atoms with Crippen molar-refractivity contribution in [1.29, 1.82) is 0 Å². The molecule has 1 atom stereocenters. The van der Waals surface area contributed by atoms with Gasteiger partial charge in [0.05, 0.1) is 31.1 Å². The van der Waals surface area contributed by atoms with Crippen molar-refractivity contribution in [2.45, 2.75) is 45.3 Å². The molecule has 1 unspecified atom stereocenters. The van der Waals surface area contributed by atoms with Gasteiger partial charge in [-0.05, 0) is 44.4 Å². The number of H-pyrrole nitrogens is 1. The van der Waals surface area contributed by atoms with Crippen molar-refractivity contribution in [3.8, 4) is 0 Å². The fourth-order valence-electron chi connectivity index (χ4n) is 4.76. The molecule has 0 spiro atoms. The maximum Gasteiger partial charge on any atom is 0.254 e. The standard InChI is InChI=1S/C22H26N4O4S/c1-14-15-6-3-4-8-19(15)30-20(14)13-25-10-5-7-18(25)21-23-17-12-26(31(2,28)29)11-9-16(17)22(27)24-21/h3-4,6,8,18H,5,7,9-13H2,1-2H3,(H,23,24,27). The molecule has 0 aliphatic carbocycles. The van der Waals surface area contributed by atoms with E-state index in [2.05, 4.69) is 22.9 Å². The maximum atomic E-state index is 12.7. The average molecular weight is 443 g/mol. The largest absolute Gasteiger partial charge is 0.459 e. The topological polar surface area (TPSA) is 99.5 Å². The number of benzene rings is 1. The van der Waals surface area contributed by atoms with Crippen LogP contribution >= 0.6 is 0 Å². The van der Waals surface area contributed by atoms with Crippen molar-refractivity contribution in [3.05, 3.63) is 63.0 Å². The van der Waals surface area contributed by atoms with E-state index in [4.69, 9.17) is 9.40 Å². The van der Waals surface area contributed by atoms with E-state index in [-0.39, 0.29) is 18.1 Å². The predicted octanol–water partition coefficient (Wildman–Crippen LogP) is 2.48. The first-order valence-corrected chi connectivity index (χ1v) is 12.4. The Hall–Kier alpha value is -2.49. The van der Waals surface area contributed by atoms with Gasteiger partial charge < -0.3 is 9.40 Å². The van der Waals surface area contributed by atoms with Crippen LogP contribution in [-0.4, -0.2) is 46.9 Å². The normalized spacial score (nSPS) is 20.4. The molecule has 31 heavy (non-hydrogen) atoms. The Balaban J connectivity index is 1.45. The number of rotatable bonds is 4. The van der Waals surface area contributed by atoms with Crippen LogP contribution in [0.25, 0.3) is 11.0 Å². The molecule has 4 heterocycles. The van der Waals surface area contributed by atoms with Crippen LogP contribution < -0.4 is 5.56 Å². The minimum absolute atomic E-state index is 0.0285. The molecule has 9 heteroatoms. The van der Waals surface area contributed by atoms with Crippen LogP contribution in [0.1, 0.15) is 47.3 Å². The Morgan fingerprint density at radius 1 is 1.26 bits per heavy atom. The van der Waals surface area contributed by atoms with Crippen LogP contribution in [-0.2, 0) is 29.5 Å². The van der Waals surface area contributed by atoms with Crippen LogP contribution in [0.2, 0.25) is 0 Å².